The lowest BCUT2D eigenvalue weighted by molar-refractivity contribution is 0.145. The van der Waals surface area contributed by atoms with Crippen LogP contribution < -0.4 is 5.73 Å². The van der Waals surface area contributed by atoms with Crippen molar-refractivity contribution >= 4 is 0 Å². The number of benzene rings is 2. The molecule has 2 nitrogen and oxygen atoms in total. The minimum absolute atomic E-state index is 0.0662. The monoisotopic (exact) mass is 291 g/mol. The van der Waals surface area contributed by atoms with Crippen molar-refractivity contribution in [2.75, 3.05) is 6.54 Å². The molecule has 3 N–H and O–H groups in total. The summed E-state index contributed by atoms with van der Waals surface area (Å²) < 4.78 is 26.9. The van der Waals surface area contributed by atoms with E-state index in [4.69, 9.17) is 5.73 Å². The van der Waals surface area contributed by atoms with Gasteiger partial charge in [-0.05, 0) is 31.0 Å². The van der Waals surface area contributed by atoms with Gasteiger partial charge in [0.15, 0.2) is 0 Å². The molecule has 0 aliphatic rings. The number of hydrogen-bond acceptors (Lipinski definition) is 2. The third kappa shape index (κ3) is 3.46. The Kier molecular flexibility index (Phi) is 4.70. The Labute approximate surface area is 123 Å². The minimum atomic E-state index is -0.937. The molecule has 21 heavy (non-hydrogen) atoms. The lowest BCUT2D eigenvalue weighted by atomic mass is 9.87. The molecule has 0 aliphatic heterocycles. The summed E-state index contributed by atoms with van der Waals surface area (Å²) in [5, 5.41) is 10.5. The summed E-state index contributed by atoms with van der Waals surface area (Å²) >= 11 is 0. The van der Waals surface area contributed by atoms with Crippen LogP contribution in [0.1, 0.15) is 34.3 Å². The quantitative estimate of drug-likeness (QED) is 0.907. The maximum atomic E-state index is 13.9. The van der Waals surface area contributed by atoms with Gasteiger partial charge in [0.25, 0.3) is 0 Å². The van der Waals surface area contributed by atoms with Gasteiger partial charge in [-0.2, -0.15) is 0 Å². The van der Waals surface area contributed by atoms with Crippen LogP contribution in [0.3, 0.4) is 0 Å². The van der Waals surface area contributed by atoms with Gasteiger partial charge in [0, 0.05) is 18.5 Å². The van der Waals surface area contributed by atoms with Gasteiger partial charge in [0.05, 0.1) is 6.10 Å². The van der Waals surface area contributed by atoms with Crippen molar-refractivity contribution in [1.29, 1.82) is 0 Å². The second kappa shape index (κ2) is 6.33. The summed E-state index contributed by atoms with van der Waals surface area (Å²) in [6, 6.07) is 9.02. The van der Waals surface area contributed by atoms with Crippen molar-refractivity contribution in [3.63, 3.8) is 0 Å². The van der Waals surface area contributed by atoms with E-state index in [0.29, 0.717) is 5.56 Å². The number of aryl methyl sites for hydroxylation is 2. The van der Waals surface area contributed by atoms with Crippen molar-refractivity contribution < 1.29 is 13.9 Å². The van der Waals surface area contributed by atoms with Crippen molar-refractivity contribution in [3.05, 3.63) is 70.3 Å². The predicted octanol–water partition coefficient (Wildman–Crippen LogP) is 3.36. The van der Waals surface area contributed by atoms with Gasteiger partial charge in [0.2, 0.25) is 0 Å². The summed E-state index contributed by atoms with van der Waals surface area (Å²) in [5.41, 5.74) is 8.65. The lowest BCUT2D eigenvalue weighted by Crippen LogP contribution is -2.21. The second-order valence-electron chi connectivity index (χ2n) is 5.37. The zero-order chi connectivity index (χ0) is 15.6. The number of halogens is 2. The highest BCUT2D eigenvalue weighted by molar-refractivity contribution is 5.33. The van der Waals surface area contributed by atoms with Crippen molar-refractivity contribution in [1.82, 2.24) is 0 Å². The summed E-state index contributed by atoms with van der Waals surface area (Å²) in [7, 11) is 0. The molecule has 2 atom stereocenters. The summed E-state index contributed by atoms with van der Waals surface area (Å²) in [5.74, 6) is -1.95. The SMILES string of the molecule is Cc1cc(C)cc(C(O)C(CN)c2ccc(F)cc2F)c1. The van der Waals surface area contributed by atoms with E-state index in [-0.39, 0.29) is 12.1 Å². The topological polar surface area (TPSA) is 46.2 Å². The average Bonchev–Trinajstić information content (AvgIpc) is 2.40. The van der Waals surface area contributed by atoms with Crippen molar-refractivity contribution in [2.24, 2.45) is 5.73 Å². The van der Waals surface area contributed by atoms with Crippen LogP contribution in [0.4, 0.5) is 8.78 Å². The summed E-state index contributed by atoms with van der Waals surface area (Å²) in [6.45, 7) is 3.93. The molecule has 0 spiro atoms. The molecule has 2 aromatic rings. The Bertz CT molecular complexity index is 622. The van der Waals surface area contributed by atoms with Crippen molar-refractivity contribution in [3.8, 4) is 0 Å². The fraction of sp³-hybridized carbons (Fsp3) is 0.294. The largest absolute Gasteiger partial charge is 0.388 e. The van der Waals surface area contributed by atoms with Gasteiger partial charge in [0.1, 0.15) is 11.6 Å². The van der Waals surface area contributed by atoms with E-state index >= 15 is 0 Å². The van der Waals surface area contributed by atoms with E-state index in [9.17, 15) is 13.9 Å². The lowest BCUT2D eigenvalue weighted by Gasteiger charge is -2.23. The molecule has 0 aromatic heterocycles. The number of nitrogens with two attached hydrogens (primary N) is 1. The fourth-order valence-corrected chi connectivity index (χ4v) is 2.64. The van der Waals surface area contributed by atoms with Crippen LogP contribution in [0.5, 0.6) is 0 Å². The summed E-state index contributed by atoms with van der Waals surface area (Å²) in [6.07, 6.45) is -0.937. The number of aliphatic hydroxyl groups excluding tert-OH is 1. The standard InChI is InChI=1S/C17H19F2NO/c1-10-5-11(2)7-12(6-10)17(21)15(9-20)14-4-3-13(18)8-16(14)19/h3-8,15,17,21H,9,20H2,1-2H3. The smallest absolute Gasteiger partial charge is 0.129 e. The van der Waals surface area contributed by atoms with Crippen LogP contribution in [0.15, 0.2) is 36.4 Å². The van der Waals surface area contributed by atoms with Crippen LogP contribution >= 0.6 is 0 Å². The molecule has 0 saturated heterocycles. The van der Waals surface area contributed by atoms with Crippen LogP contribution in [-0.4, -0.2) is 11.7 Å². The first kappa shape index (κ1) is 15.6. The van der Waals surface area contributed by atoms with E-state index in [1.165, 1.54) is 12.1 Å². The molecule has 0 bridgehead atoms. The third-order valence-electron chi connectivity index (χ3n) is 3.58. The van der Waals surface area contributed by atoms with Gasteiger partial charge in [-0.1, -0.05) is 35.4 Å². The molecule has 2 rings (SSSR count). The number of hydrogen-bond donors (Lipinski definition) is 2. The minimum Gasteiger partial charge on any atom is -0.388 e. The molecule has 0 amide bonds. The second-order valence-corrected chi connectivity index (χ2v) is 5.37. The molecule has 0 fully saturated rings. The van der Waals surface area contributed by atoms with Gasteiger partial charge < -0.3 is 10.8 Å². The third-order valence-corrected chi connectivity index (χ3v) is 3.58. The van der Waals surface area contributed by atoms with Gasteiger partial charge >= 0.3 is 0 Å². The molecule has 0 saturated carbocycles. The first-order chi connectivity index (χ1) is 9.92. The highest BCUT2D eigenvalue weighted by Crippen LogP contribution is 2.32. The Morgan fingerprint density at radius 1 is 1.05 bits per heavy atom. The maximum Gasteiger partial charge on any atom is 0.129 e. The Hall–Kier alpha value is -1.78. The van der Waals surface area contributed by atoms with Crippen LogP contribution in [0.2, 0.25) is 0 Å². The average molecular weight is 291 g/mol. The van der Waals surface area contributed by atoms with E-state index in [0.717, 1.165) is 17.2 Å². The first-order valence-electron chi connectivity index (χ1n) is 6.83. The van der Waals surface area contributed by atoms with Crippen LogP contribution in [0.25, 0.3) is 0 Å². The van der Waals surface area contributed by atoms with E-state index in [1.54, 1.807) is 0 Å². The molecule has 4 heteroatoms. The van der Waals surface area contributed by atoms with Crippen LogP contribution in [0, 0.1) is 25.5 Å². The molecule has 2 unspecified atom stereocenters. The molecule has 0 heterocycles. The van der Waals surface area contributed by atoms with E-state index < -0.39 is 23.7 Å². The number of aliphatic hydroxyl groups is 1. The normalized spacial score (nSPS) is 14.0. The first-order valence-corrected chi connectivity index (χ1v) is 6.83. The highest BCUT2D eigenvalue weighted by Gasteiger charge is 2.24. The predicted molar refractivity (Wildman–Crippen MR) is 79.0 cm³/mol. The molecular weight excluding hydrogens is 272 g/mol. The molecule has 0 radical (unpaired) electrons. The molecule has 2 aromatic carbocycles. The molecule has 112 valence electrons. The highest BCUT2D eigenvalue weighted by atomic mass is 19.1. The summed E-state index contributed by atoms with van der Waals surface area (Å²) in [4.78, 5) is 0. The molecule has 0 aliphatic carbocycles. The number of rotatable bonds is 4. The fourth-order valence-electron chi connectivity index (χ4n) is 2.64. The Morgan fingerprint density at radius 3 is 2.19 bits per heavy atom. The maximum absolute atomic E-state index is 13.9. The zero-order valence-corrected chi connectivity index (χ0v) is 12.1. The van der Waals surface area contributed by atoms with E-state index in [2.05, 4.69) is 0 Å². The zero-order valence-electron chi connectivity index (χ0n) is 12.1. The Balaban J connectivity index is 2.40. The van der Waals surface area contributed by atoms with Gasteiger partial charge in [-0.25, -0.2) is 8.78 Å². The Morgan fingerprint density at radius 2 is 1.67 bits per heavy atom. The molecular formula is C17H19F2NO. The van der Waals surface area contributed by atoms with Gasteiger partial charge in [-0.15, -0.1) is 0 Å². The van der Waals surface area contributed by atoms with Crippen molar-refractivity contribution in [2.45, 2.75) is 25.9 Å². The van der Waals surface area contributed by atoms with Gasteiger partial charge in [-0.3, -0.25) is 0 Å². The van der Waals surface area contributed by atoms with Crippen LogP contribution in [-0.2, 0) is 0 Å². The van der Waals surface area contributed by atoms with E-state index in [1.807, 2.05) is 32.0 Å².